The minimum atomic E-state index is -0.475. The van der Waals surface area contributed by atoms with E-state index >= 15 is 0 Å². The summed E-state index contributed by atoms with van der Waals surface area (Å²) >= 11 is 0. The van der Waals surface area contributed by atoms with Crippen LogP contribution in [-0.4, -0.2) is 96.3 Å². The molecule has 0 saturated heterocycles. The smallest absolute Gasteiger partial charge is 0 e. The molecule has 0 aromatic heterocycles. The third-order valence-corrected chi connectivity index (χ3v) is 0.993. The van der Waals surface area contributed by atoms with Crippen LogP contribution < -0.4 is 0 Å². The largest absolute Gasteiger partial charge is 0 e. The Morgan fingerprint density at radius 3 is 1.50 bits per heavy atom. The molecule has 0 saturated carbocycles. The Morgan fingerprint density at radius 2 is 1.25 bits per heavy atom. The molecule has 1 rings (SSSR count). The molecule has 0 unspecified atom stereocenters. The van der Waals surface area contributed by atoms with E-state index in [4.69, 9.17) is 15.3 Å². The first-order valence-corrected chi connectivity index (χ1v) is 2.41. The van der Waals surface area contributed by atoms with Crippen LogP contribution >= 0.6 is 0 Å². The van der Waals surface area contributed by atoms with Crippen molar-refractivity contribution in [3.05, 3.63) is 18.2 Å². The van der Waals surface area contributed by atoms with Crippen molar-refractivity contribution in [1.29, 1.82) is 0 Å². The van der Waals surface area contributed by atoms with E-state index in [1.54, 1.807) is 0 Å². The van der Waals surface area contributed by atoms with E-state index in [9.17, 15) is 0 Å². The Hall–Kier alpha value is 1.97. The molecular formula is C6H8KNaO3Ti. The Labute approximate surface area is 150 Å². The van der Waals surface area contributed by atoms with Crippen LogP contribution in [0, 0.1) is 0 Å². The number of benzene rings is 1. The first kappa shape index (κ1) is 19.5. The van der Waals surface area contributed by atoms with Crippen molar-refractivity contribution in [2.75, 3.05) is 0 Å². The normalized spacial score (nSPS) is 7.00. The van der Waals surface area contributed by atoms with Crippen molar-refractivity contribution in [1.82, 2.24) is 0 Å². The molecule has 3 N–H and O–H groups in total. The summed E-state index contributed by atoms with van der Waals surface area (Å²) in [7, 11) is 0. The second-order valence-electron chi connectivity index (χ2n) is 1.64. The number of phenolic OH excluding ortho intramolecular Hbond substituents is 3. The minimum Gasteiger partial charge on any atom is 0 e. The van der Waals surface area contributed by atoms with Gasteiger partial charge in [0.05, 0.1) is 0 Å². The fraction of sp³-hybridized carbons (Fsp3) is 0. The molecule has 56 valence electrons. The summed E-state index contributed by atoms with van der Waals surface area (Å²) in [6, 6.07) is 4.01. The van der Waals surface area contributed by atoms with Gasteiger partial charge in [0.1, 0.15) is 0 Å². The number of aromatic hydroxyl groups is 3. The summed E-state index contributed by atoms with van der Waals surface area (Å²) < 4.78 is 0. The van der Waals surface area contributed by atoms with Gasteiger partial charge in [0, 0.05) is 21.7 Å². The summed E-state index contributed by atoms with van der Waals surface area (Å²) in [5.74, 6) is -1.09. The van der Waals surface area contributed by atoms with E-state index in [1.807, 2.05) is 0 Å². The molecule has 1 aromatic rings. The van der Waals surface area contributed by atoms with Crippen LogP contribution in [0.5, 0.6) is 17.2 Å². The van der Waals surface area contributed by atoms with Gasteiger partial charge >= 0.3 is 80.9 Å². The zero-order chi connectivity index (χ0) is 6.85. The maximum Gasteiger partial charge on any atom is 0 e. The van der Waals surface area contributed by atoms with Crippen LogP contribution in [0.25, 0.3) is 0 Å². The molecule has 0 aliphatic carbocycles. The molecule has 0 fully saturated rings. The van der Waals surface area contributed by atoms with Crippen LogP contribution in [-0.2, 0) is 21.7 Å². The van der Waals surface area contributed by atoms with Gasteiger partial charge in [0.2, 0.25) is 0 Å². The van der Waals surface area contributed by atoms with Gasteiger partial charge in [-0.3, -0.25) is 0 Å². The first-order valence-electron chi connectivity index (χ1n) is 2.41. The van der Waals surface area contributed by atoms with Crippen molar-refractivity contribution in [3.8, 4) is 17.2 Å². The van der Waals surface area contributed by atoms with Crippen LogP contribution in [0.3, 0.4) is 0 Å². The zero-order valence-corrected chi connectivity index (χ0v) is 6.64. The van der Waals surface area contributed by atoms with Gasteiger partial charge in [0.25, 0.3) is 0 Å². The van der Waals surface area contributed by atoms with Gasteiger partial charge < -0.3 is 15.3 Å². The molecule has 0 radical (unpaired) electrons. The fourth-order valence-corrected chi connectivity index (χ4v) is 0.519. The van der Waals surface area contributed by atoms with E-state index in [-0.39, 0.29) is 114 Å². The van der Waals surface area contributed by atoms with Gasteiger partial charge in [-0.25, -0.2) is 0 Å². The van der Waals surface area contributed by atoms with Crippen LogP contribution in [0.1, 0.15) is 0 Å². The molecule has 0 bridgehead atoms. The van der Waals surface area contributed by atoms with Gasteiger partial charge in [-0.05, 0) is 12.1 Å². The Bertz CT molecular complexity index is 214. The first-order chi connectivity index (χ1) is 4.22. The third-order valence-electron chi connectivity index (χ3n) is 0.993. The number of hydrogen-bond donors (Lipinski definition) is 3. The Kier molecular flexibility index (Phi) is 15.5. The second-order valence-corrected chi connectivity index (χ2v) is 1.64. The molecule has 12 heavy (non-hydrogen) atoms. The molecule has 1 aromatic carbocycles. The summed E-state index contributed by atoms with van der Waals surface area (Å²) in [6.45, 7) is 0. The number of para-hydroxylation sites is 1. The molecule has 3 nitrogen and oxygen atoms in total. The molecule has 0 aliphatic rings. The average Bonchev–Trinajstić information content (AvgIpc) is 1.83. The summed E-state index contributed by atoms with van der Waals surface area (Å²) in [6.07, 6.45) is 0. The fourth-order valence-electron chi connectivity index (χ4n) is 0.519. The third kappa shape index (κ3) is 5.65. The monoisotopic (exact) mass is 238 g/mol. The summed E-state index contributed by atoms with van der Waals surface area (Å²) in [4.78, 5) is 0. The van der Waals surface area contributed by atoms with E-state index < -0.39 is 5.75 Å². The Morgan fingerprint density at radius 1 is 0.917 bits per heavy atom. The standard InChI is InChI=1S/C6H6O3.K.Na.Ti.2H/c7-4-2-1-3-5(8)6(4)9;;;;;/h1-3,7-9H;;;;;. The second kappa shape index (κ2) is 9.52. The molecular weight excluding hydrogens is 230 g/mol. The maximum atomic E-state index is 8.71. The maximum absolute atomic E-state index is 8.71. The molecule has 0 heterocycles. The predicted molar refractivity (Wildman–Crippen MR) is 45.7 cm³/mol. The van der Waals surface area contributed by atoms with Gasteiger partial charge in [-0.15, -0.1) is 0 Å². The summed E-state index contributed by atoms with van der Waals surface area (Å²) in [5.41, 5.74) is 0. The predicted octanol–water partition coefficient (Wildman–Crippen LogP) is -0.496. The molecule has 0 spiro atoms. The van der Waals surface area contributed by atoms with Crippen LogP contribution in [0.2, 0.25) is 0 Å². The molecule has 0 amide bonds. The van der Waals surface area contributed by atoms with Gasteiger partial charge in [-0.2, -0.15) is 0 Å². The average molecular weight is 238 g/mol. The molecule has 6 heteroatoms. The minimum absolute atomic E-state index is 0. The van der Waals surface area contributed by atoms with Crippen LogP contribution in [0.15, 0.2) is 18.2 Å². The van der Waals surface area contributed by atoms with E-state index in [0.29, 0.717) is 0 Å². The number of rotatable bonds is 0. The number of phenols is 3. The van der Waals surface area contributed by atoms with Crippen molar-refractivity contribution < 1.29 is 37.0 Å². The van der Waals surface area contributed by atoms with Crippen molar-refractivity contribution >= 4 is 80.9 Å². The van der Waals surface area contributed by atoms with Crippen molar-refractivity contribution in [2.45, 2.75) is 0 Å². The molecule has 0 aliphatic heterocycles. The summed E-state index contributed by atoms with van der Waals surface area (Å²) in [5, 5.41) is 26.1. The zero-order valence-electron chi connectivity index (χ0n) is 5.07. The quantitative estimate of drug-likeness (QED) is 0.422. The van der Waals surface area contributed by atoms with Gasteiger partial charge in [-0.1, -0.05) is 6.07 Å². The topological polar surface area (TPSA) is 60.7 Å². The van der Waals surface area contributed by atoms with Crippen molar-refractivity contribution in [3.63, 3.8) is 0 Å². The molecule has 0 atom stereocenters. The van der Waals surface area contributed by atoms with E-state index in [0.717, 1.165) is 0 Å². The number of hydrogen-bond acceptors (Lipinski definition) is 3. The SMILES string of the molecule is Oc1cccc(O)c1O.[KH].[NaH].[Ti]. The van der Waals surface area contributed by atoms with E-state index in [1.165, 1.54) is 18.2 Å². The Balaban J connectivity index is -0.000000270. The van der Waals surface area contributed by atoms with Crippen molar-refractivity contribution in [2.24, 2.45) is 0 Å². The van der Waals surface area contributed by atoms with E-state index in [2.05, 4.69) is 0 Å². The van der Waals surface area contributed by atoms with Crippen LogP contribution in [0.4, 0.5) is 0 Å². The van der Waals surface area contributed by atoms with Gasteiger partial charge in [0.15, 0.2) is 17.2 Å².